The normalized spacial score (nSPS) is 10.2. The first-order chi connectivity index (χ1) is 9.99. The van der Waals surface area contributed by atoms with Gasteiger partial charge < -0.3 is 10.5 Å². The molecule has 0 fully saturated rings. The molecule has 1 aromatic carbocycles. The molecule has 0 aliphatic heterocycles. The molecular formula is C15H16N4O2. The minimum Gasteiger partial charge on any atom is -0.461 e. The summed E-state index contributed by atoms with van der Waals surface area (Å²) in [6, 6.07) is 7.36. The molecule has 0 saturated carbocycles. The zero-order chi connectivity index (χ0) is 15.6. The van der Waals surface area contributed by atoms with E-state index in [1.54, 1.807) is 30.5 Å². The van der Waals surface area contributed by atoms with E-state index in [-0.39, 0.29) is 18.1 Å². The molecular weight excluding hydrogens is 268 g/mol. The van der Waals surface area contributed by atoms with Crippen LogP contribution in [0.3, 0.4) is 0 Å². The number of imidazole rings is 1. The van der Waals surface area contributed by atoms with Gasteiger partial charge in [0, 0.05) is 0 Å². The molecule has 0 unspecified atom stereocenters. The lowest BCUT2D eigenvalue weighted by Crippen LogP contribution is -2.10. The minimum atomic E-state index is -0.550. The number of nitrogens with zero attached hydrogens (tertiary/aromatic N) is 3. The van der Waals surface area contributed by atoms with E-state index in [4.69, 9.17) is 15.7 Å². The van der Waals surface area contributed by atoms with E-state index in [0.29, 0.717) is 11.4 Å². The summed E-state index contributed by atoms with van der Waals surface area (Å²) in [6.07, 6.45) is 0. The molecule has 21 heavy (non-hydrogen) atoms. The van der Waals surface area contributed by atoms with Crippen LogP contribution in [0, 0.1) is 25.2 Å². The number of nitrogen functional groups attached to an aromatic ring is 1. The van der Waals surface area contributed by atoms with Crippen molar-refractivity contribution in [1.29, 1.82) is 5.26 Å². The number of esters is 1. The average molecular weight is 284 g/mol. The highest BCUT2D eigenvalue weighted by atomic mass is 16.5. The van der Waals surface area contributed by atoms with E-state index in [1.807, 2.05) is 13.0 Å². The number of anilines is 1. The first kappa shape index (κ1) is 14.6. The van der Waals surface area contributed by atoms with Gasteiger partial charge in [-0.15, -0.1) is 0 Å². The standard InChI is InChI=1S/C15H16N4O2/c1-4-21-15(20)13-14(17)19(10(3)18-13)12-7-11(8-16)6-5-9(12)2/h5-7H,4,17H2,1-3H3. The highest BCUT2D eigenvalue weighted by Crippen LogP contribution is 2.24. The second kappa shape index (κ2) is 5.67. The van der Waals surface area contributed by atoms with Gasteiger partial charge in [0.15, 0.2) is 5.69 Å². The highest BCUT2D eigenvalue weighted by molar-refractivity contribution is 5.92. The molecule has 6 heteroatoms. The number of rotatable bonds is 3. The number of ether oxygens (including phenoxy) is 1. The molecule has 0 bridgehead atoms. The Morgan fingerprint density at radius 3 is 2.81 bits per heavy atom. The summed E-state index contributed by atoms with van der Waals surface area (Å²) >= 11 is 0. The average Bonchev–Trinajstić information content (AvgIpc) is 2.75. The number of nitrogens with two attached hydrogens (primary N) is 1. The van der Waals surface area contributed by atoms with E-state index in [0.717, 1.165) is 11.3 Å². The van der Waals surface area contributed by atoms with E-state index >= 15 is 0 Å². The Hall–Kier alpha value is -2.81. The summed E-state index contributed by atoms with van der Waals surface area (Å²) in [6.45, 7) is 5.63. The number of aryl methyl sites for hydroxylation is 2. The Bertz CT molecular complexity index is 741. The summed E-state index contributed by atoms with van der Waals surface area (Å²) < 4.78 is 6.60. The van der Waals surface area contributed by atoms with E-state index in [2.05, 4.69) is 11.1 Å². The van der Waals surface area contributed by atoms with Crippen molar-refractivity contribution in [2.75, 3.05) is 12.3 Å². The maximum absolute atomic E-state index is 11.8. The number of carbonyl (C=O) groups excluding carboxylic acids is 1. The predicted octanol–water partition coefficient (Wildman–Crippen LogP) is 2.12. The van der Waals surface area contributed by atoms with Crippen LogP contribution >= 0.6 is 0 Å². The lowest BCUT2D eigenvalue weighted by Gasteiger charge is -2.11. The zero-order valence-corrected chi connectivity index (χ0v) is 12.2. The SMILES string of the molecule is CCOC(=O)c1nc(C)n(-c2cc(C#N)ccc2C)c1N. The lowest BCUT2D eigenvalue weighted by molar-refractivity contribution is 0.0521. The fourth-order valence-corrected chi connectivity index (χ4v) is 2.12. The van der Waals surface area contributed by atoms with E-state index in [1.165, 1.54) is 0 Å². The summed E-state index contributed by atoms with van der Waals surface area (Å²) in [5, 5.41) is 9.02. The van der Waals surface area contributed by atoms with Crippen molar-refractivity contribution in [3.63, 3.8) is 0 Å². The third kappa shape index (κ3) is 2.58. The molecule has 6 nitrogen and oxygen atoms in total. The van der Waals surface area contributed by atoms with Crippen LogP contribution in [0.25, 0.3) is 5.69 Å². The van der Waals surface area contributed by atoms with E-state index < -0.39 is 5.97 Å². The van der Waals surface area contributed by atoms with Crippen molar-refractivity contribution in [2.45, 2.75) is 20.8 Å². The van der Waals surface area contributed by atoms with Gasteiger partial charge in [0.2, 0.25) is 0 Å². The molecule has 2 aromatic rings. The quantitative estimate of drug-likeness (QED) is 0.871. The molecule has 0 radical (unpaired) electrons. The number of carbonyl (C=O) groups is 1. The fraction of sp³-hybridized carbons (Fsp3) is 0.267. The van der Waals surface area contributed by atoms with Gasteiger partial charge in [0.25, 0.3) is 0 Å². The van der Waals surface area contributed by atoms with Crippen molar-refractivity contribution in [3.05, 3.63) is 40.8 Å². The molecule has 0 aliphatic carbocycles. The minimum absolute atomic E-state index is 0.0936. The zero-order valence-electron chi connectivity index (χ0n) is 12.2. The van der Waals surface area contributed by atoms with Crippen LogP contribution in [-0.4, -0.2) is 22.1 Å². The molecule has 0 spiro atoms. The second-order valence-electron chi connectivity index (χ2n) is 4.56. The third-order valence-corrected chi connectivity index (χ3v) is 3.13. The molecule has 108 valence electrons. The van der Waals surface area contributed by atoms with Crippen LogP contribution < -0.4 is 5.73 Å². The topological polar surface area (TPSA) is 93.9 Å². The first-order valence-electron chi connectivity index (χ1n) is 6.52. The Balaban J connectivity index is 2.61. The van der Waals surface area contributed by atoms with Crippen molar-refractivity contribution in [3.8, 4) is 11.8 Å². The monoisotopic (exact) mass is 284 g/mol. The van der Waals surface area contributed by atoms with Crippen molar-refractivity contribution < 1.29 is 9.53 Å². The Kier molecular flexibility index (Phi) is 3.94. The molecule has 1 heterocycles. The maximum Gasteiger partial charge on any atom is 0.360 e. The Labute approximate surface area is 122 Å². The number of aromatic nitrogens is 2. The predicted molar refractivity (Wildman–Crippen MR) is 78.1 cm³/mol. The summed E-state index contributed by atoms with van der Waals surface area (Å²) in [5.41, 5.74) is 8.31. The smallest absolute Gasteiger partial charge is 0.360 e. The highest BCUT2D eigenvalue weighted by Gasteiger charge is 2.21. The van der Waals surface area contributed by atoms with Crippen LogP contribution in [0.4, 0.5) is 5.82 Å². The molecule has 2 N–H and O–H groups in total. The van der Waals surface area contributed by atoms with Crippen molar-refractivity contribution in [2.24, 2.45) is 0 Å². The van der Waals surface area contributed by atoms with Crippen molar-refractivity contribution >= 4 is 11.8 Å². The van der Waals surface area contributed by atoms with Crippen LogP contribution in [0.1, 0.15) is 34.4 Å². The largest absolute Gasteiger partial charge is 0.461 e. The summed E-state index contributed by atoms with van der Waals surface area (Å²) in [7, 11) is 0. The van der Waals surface area contributed by atoms with E-state index in [9.17, 15) is 4.79 Å². The second-order valence-corrected chi connectivity index (χ2v) is 4.56. The van der Waals surface area contributed by atoms with Crippen LogP contribution in [0.2, 0.25) is 0 Å². The fourth-order valence-electron chi connectivity index (χ4n) is 2.12. The lowest BCUT2D eigenvalue weighted by atomic mass is 10.1. The van der Waals surface area contributed by atoms with Crippen LogP contribution in [-0.2, 0) is 4.74 Å². The van der Waals surface area contributed by atoms with Gasteiger partial charge in [-0.05, 0) is 38.5 Å². The van der Waals surface area contributed by atoms with Gasteiger partial charge in [-0.2, -0.15) is 5.26 Å². The van der Waals surface area contributed by atoms with Crippen LogP contribution in [0.15, 0.2) is 18.2 Å². The number of benzene rings is 1. The van der Waals surface area contributed by atoms with Gasteiger partial charge in [-0.3, -0.25) is 4.57 Å². The maximum atomic E-state index is 11.8. The van der Waals surface area contributed by atoms with Gasteiger partial charge >= 0.3 is 5.97 Å². The Morgan fingerprint density at radius 2 is 2.19 bits per heavy atom. The number of nitriles is 1. The molecule has 0 amide bonds. The third-order valence-electron chi connectivity index (χ3n) is 3.13. The van der Waals surface area contributed by atoms with Crippen LogP contribution in [0.5, 0.6) is 0 Å². The van der Waals surface area contributed by atoms with Gasteiger partial charge in [-0.1, -0.05) is 6.07 Å². The molecule has 1 aromatic heterocycles. The van der Waals surface area contributed by atoms with Crippen molar-refractivity contribution in [1.82, 2.24) is 9.55 Å². The van der Waals surface area contributed by atoms with Gasteiger partial charge in [-0.25, -0.2) is 9.78 Å². The number of hydrogen-bond donors (Lipinski definition) is 1. The first-order valence-corrected chi connectivity index (χ1v) is 6.52. The molecule has 0 aliphatic rings. The van der Waals surface area contributed by atoms with Gasteiger partial charge in [0.1, 0.15) is 11.6 Å². The molecule has 2 rings (SSSR count). The molecule has 0 saturated heterocycles. The van der Waals surface area contributed by atoms with Gasteiger partial charge in [0.05, 0.1) is 23.9 Å². The number of hydrogen-bond acceptors (Lipinski definition) is 5. The summed E-state index contributed by atoms with van der Waals surface area (Å²) in [4.78, 5) is 16.0. The Morgan fingerprint density at radius 1 is 1.48 bits per heavy atom. The summed E-state index contributed by atoms with van der Waals surface area (Å²) in [5.74, 6) is 0.226. The molecule has 0 atom stereocenters.